The predicted molar refractivity (Wildman–Crippen MR) is 137 cm³/mol. The number of aryl methyl sites for hydroxylation is 1. The molecule has 0 radical (unpaired) electrons. The summed E-state index contributed by atoms with van der Waals surface area (Å²) in [4.78, 5) is 8.91. The Labute approximate surface area is 226 Å². The van der Waals surface area contributed by atoms with E-state index in [2.05, 4.69) is 41.3 Å². The van der Waals surface area contributed by atoms with E-state index in [0.717, 1.165) is 15.9 Å². The molecule has 4 unspecified atom stereocenters. The van der Waals surface area contributed by atoms with Gasteiger partial charge >= 0.3 is 0 Å². The summed E-state index contributed by atoms with van der Waals surface area (Å²) in [5, 5.41) is 33.6. The van der Waals surface area contributed by atoms with Crippen molar-refractivity contribution in [1.29, 1.82) is 0 Å². The largest absolute Gasteiger partial charge is 0.394 e. The Morgan fingerprint density at radius 2 is 2.05 bits per heavy atom. The summed E-state index contributed by atoms with van der Waals surface area (Å²) < 4.78 is 38.8. The minimum Gasteiger partial charge on any atom is -0.394 e. The summed E-state index contributed by atoms with van der Waals surface area (Å²) in [6, 6.07) is 7.81. The molecular formula is C24H20BrF2N7O3S. The van der Waals surface area contributed by atoms with E-state index in [-0.39, 0.29) is 22.2 Å². The van der Waals surface area contributed by atoms with Crippen LogP contribution in [0.15, 0.2) is 46.5 Å². The Hall–Kier alpha value is -3.17. The summed E-state index contributed by atoms with van der Waals surface area (Å²) in [7, 11) is 0. The molecular weight excluding hydrogens is 584 g/mol. The smallest absolute Gasteiger partial charge is 0.173 e. The summed E-state index contributed by atoms with van der Waals surface area (Å²) >= 11 is 4.47. The number of ether oxygens (including phenoxy) is 1. The van der Waals surface area contributed by atoms with Crippen molar-refractivity contribution in [2.75, 3.05) is 6.61 Å². The van der Waals surface area contributed by atoms with Crippen molar-refractivity contribution < 1.29 is 23.7 Å². The molecule has 5 aromatic rings. The molecule has 1 aliphatic rings. The van der Waals surface area contributed by atoms with Gasteiger partial charge in [0.1, 0.15) is 29.8 Å². The molecule has 3 aromatic heterocycles. The first-order valence-electron chi connectivity index (χ1n) is 11.6. The Bertz CT molecular complexity index is 1640. The van der Waals surface area contributed by atoms with Gasteiger partial charge in [0.25, 0.3) is 0 Å². The monoisotopic (exact) mass is 603 g/mol. The highest BCUT2D eigenvalue weighted by molar-refractivity contribution is 9.10. The quantitative estimate of drug-likeness (QED) is 0.290. The second kappa shape index (κ2) is 9.85. The van der Waals surface area contributed by atoms with Gasteiger partial charge in [-0.05, 0) is 53.2 Å². The second-order valence-corrected chi connectivity index (χ2v) is 10.6. The Balaban J connectivity index is 1.35. The first-order chi connectivity index (χ1) is 18.3. The maximum absolute atomic E-state index is 14.6. The molecule has 0 spiro atoms. The Morgan fingerprint density at radius 1 is 1.21 bits per heavy atom. The van der Waals surface area contributed by atoms with Gasteiger partial charge in [-0.3, -0.25) is 0 Å². The van der Waals surface area contributed by atoms with Crippen LogP contribution in [0.25, 0.3) is 27.2 Å². The van der Waals surface area contributed by atoms with Crippen molar-refractivity contribution in [1.82, 2.24) is 34.7 Å². The van der Waals surface area contributed by atoms with E-state index in [4.69, 9.17) is 4.74 Å². The molecule has 10 nitrogen and oxygen atoms in total. The van der Waals surface area contributed by atoms with Crippen molar-refractivity contribution in [3.63, 3.8) is 0 Å². The fourth-order valence-electron chi connectivity index (χ4n) is 4.63. The zero-order valence-electron chi connectivity index (χ0n) is 19.7. The molecule has 0 amide bonds. The van der Waals surface area contributed by atoms with E-state index in [9.17, 15) is 19.0 Å². The summed E-state index contributed by atoms with van der Waals surface area (Å²) in [6.45, 7) is 1.31. The molecule has 4 atom stereocenters. The number of rotatable bonds is 5. The van der Waals surface area contributed by atoms with Gasteiger partial charge in [0.2, 0.25) is 0 Å². The highest BCUT2D eigenvalue weighted by Crippen LogP contribution is 2.38. The highest BCUT2D eigenvalue weighted by Gasteiger charge is 2.41. The summed E-state index contributed by atoms with van der Waals surface area (Å²) in [6.07, 6.45) is -1.14. The van der Waals surface area contributed by atoms with Gasteiger partial charge in [-0.25, -0.2) is 28.1 Å². The molecule has 38 heavy (non-hydrogen) atoms. The number of hydrogen-bond acceptors (Lipinski definition) is 9. The third-order valence-electron chi connectivity index (χ3n) is 6.50. The number of aromatic nitrogens is 7. The van der Waals surface area contributed by atoms with Gasteiger partial charge in [0.05, 0.1) is 44.7 Å². The Morgan fingerprint density at radius 3 is 2.87 bits per heavy atom. The SMILES string of the molecule is Cc1nc(C2CC(n3cc(-c4ccc(Br)c(F)c4F)nn3)C(O)C(CO)O2)n(-c2ccc3ncsc3c2)n1. The fraction of sp³-hybridized carbons (Fsp3) is 0.292. The van der Waals surface area contributed by atoms with Crippen LogP contribution in [0.3, 0.4) is 0 Å². The van der Waals surface area contributed by atoms with Crippen molar-refractivity contribution in [2.24, 2.45) is 0 Å². The lowest BCUT2D eigenvalue weighted by Gasteiger charge is -2.38. The number of thiazole rings is 1. The average molecular weight is 604 g/mol. The van der Waals surface area contributed by atoms with Gasteiger partial charge in [-0.2, -0.15) is 5.10 Å². The lowest BCUT2D eigenvalue weighted by molar-refractivity contribution is -0.161. The topological polar surface area (TPSA) is 124 Å². The van der Waals surface area contributed by atoms with E-state index >= 15 is 0 Å². The molecule has 1 aliphatic heterocycles. The number of aliphatic hydroxyl groups is 2. The number of fused-ring (bicyclic) bond motifs is 1. The molecule has 2 N–H and O–H groups in total. The number of hydrogen-bond donors (Lipinski definition) is 2. The lowest BCUT2D eigenvalue weighted by atomic mass is 9.95. The number of halogens is 3. The van der Waals surface area contributed by atoms with Gasteiger partial charge in [-0.1, -0.05) is 5.21 Å². The first-order valence-corrected chi connectivity index (χ1v) is 13.3. The molecule has 14 heteroatoms. The van der Waals surface area contributed by atoms with E-state index in [1.807, 2.05) is 18.2 Å². The molecule has 196 valence electrons. The zero-order valence-corrected chi connectivity index (χ0v) is 22.1. The number of benzene rings is 2. The molecule has 0 aliphatic carbocycles. The van der Waals surface area contributed by atoms with Crippen molar-refractivity contribution >= 4 is 37.5 Å². The normalized spacial score (nSPS) is 21.8. The molecule has 6 rings (SSSR count). The van der Waals surface area contributed by atoms with Crippen LogP contribution in [0.2, 0.25) is 0 Å². The standard InChI is InChI=1S/C24H20BrF2N7O3S/c1-11-29-24(34(31-11)12-2-5-15-20(6-12)38-10-28-15)18-7-17(23(36)19(9-35)37-18)33-8-16(30-32-33)13-3-4-14(25)22(27)21(13)26/h2-6,8,10,17-19,23,35-36H,7,9H2,1H3. The molecule has 2 aromatic carbocycles. The third kappa shape index (κ3) is 4.31. The molecule has 0 saturated carbocycles. The predicted octanol–water partition coefficient (Wildman–Crippen LogP) is 3.91. The number of nitrogens with zero attached hydrogens (tertiary/aromatic N) is 7. The van der Waals surface area contributed by atoms with E-state index in [1.165, 1.54) is 34.3 Å². The van der Waals surface area contributed by atoms with Crippen LogP contribution < -0.4 is 0 Å². The molecule has 0 bridgehead atoms. The van der Waals surface area contributed by atoms with Crippen LogP contribution in [0, 0.1) is 18.6 Å². The maximum atomic E-state index is 14.6. The van der Waals surface area contributed by atoms with Crippen molar-refractivity contribution in [3.05, 3.63) is 69.8 Å². The van der Waals surface area contributed by atoms with Gasteiger partial charge in [0.15, 0.2) is 17.5 Å². The minimum atomic E-state index is -1.15. The summed E-state index contributed by atoms with van der Waals surface area (Å²) in [5.74, 6) is -1.09. The van der Waals surface area contributed by atoms with Gasteiger partial charge < -0.3 is 14.9 Å². The van der Waals surface area contributed by atoms with Crippen LogP contribution in [0.5, 0.6) is 0 Å². The first kappa shape index (κ1) is 25.1. The van der Waals surface area contributed by atoms with Crippen LogP contribution in [0.4, 0.5) is 8.78 Å². The fourth-order valence-corrected chi connectivity index (χ4v) is 5.64. The van der Waals surface area contributed by atoms with Crippen molar-refractivity contribution in [2.45, 2.75) is 37.7 Å². The van der Waals surface area contributed by atoms with Crippen LogP contribution >= 0.6 is 27.3 Å². The van der Waals surface area contributed by atoms with Gasteiger partial charge in [-0.15, -0.1) is 16.4 Å². The molecule has 4 heterocycles. The second-order valence-electron chi connectivity index (χ2n) is 8.88. The minimum absolute atomic E-state index is 0.00600. The molecule has 1 saturated heterocycles. The Kier molecular flexibility index (Phi) is 6.52. The lowest BCUT2D eigenvalue weighted by Crippen LogP contribution is -2.45. The van der Waals surface area contributed by atoms with E-state index in [0.29, 0.717) is 11.6 Å². The maximum Gasteiger partial charge on any atom is 0.173 e. The van der Waals surface area contributed by atoms with Gasteiger partial charge in [0, 0.05) is 12.0 Å². The number of aliphatic hydroxyl groups excluding tert-OH is 2. The average Bonchev–Trinajstić information content (AvgIpc) is 3.67. The van der Waals surface area contributed by atoms with Crippen LogP contribution in [0.1, 0.15) is 30.2 Å². The third-order valence-corrected chi connectivity index (χ3v) is 7.90. The molecule has 1 fully saturated rings. The van der Waals surface area contributed by atoms with E-state index in [1.54, 1.807) is 17.1 Å². The van der Waals surface area contributed by atoms with Crippen LogP contribution in [-0.4, -0.2) is 63.8 Å². The van der Waals surface area contributed by atoms with E-state index < -0.39 is 42.6 Å². The van der Waals surface area contributed by atoms with Crippen LogP contribution in [-0.2, 0) is 4.74 Å². The highest BCUT2D eigenvalue weighted by atomic mass is 79.9. The van der Waals surface area contributed by atoms with Crippen molar-refractivity contribution in [3.8, 4) is 16.9 Å². The summed E-state index contributed by atoms with van der Waals surface area (Å²) in [5.41, 5.74) is 3.44. The zero-order chi connectivity index (χ0) is 26.6.